The van der Waals surface area contributed by atoms with Gasteiger partial charge in [0, 0.05) is 4.90 Å². The molecule has 0 heterocycles. The van der Waals surface area contributed by atoms with E-state index in [1.165, 1.54) is 0 Å². The van der Waals surface area contributed by atoms with Crippen molar-refractivity contribution < 1.29 is 14.4 Å². The fourth-order valence-corrected chi connectivity index (χ4v) is 2.10. The summed E-state index contributed by atoms with van der Waals surface area (Å²) in [4.78, 5) is 0.683. The van der Waals surface area contributed by atoms with Crippen molar-refractivity contribution in [3.8, 4) is 0 Å². The van der Waals surface area contributed by atoms with Crippen LogP contribution in [0.4, 0.5) is 0 Å². The maximum absolute atomic E-state index is 11.6. The predicted octanol–water partition coefficient (Wildman–Crippen LogP) is 0.456. The molecule has 0 fully saturated rings. The third kappa shape index (κ3) is 3.21. The Morgan fingerprint density at radius 2 is 1.93 bits per heavy atom. The highest BCUT2D eigenvalue weighted by atomic mass is 32.2. The second kappa shape index (κ2) is 5.24. The van der Waals surface area contributed by atoms with Crippen molar-refractivity contribution in [1.82, 2.24) is 0 Å². The van der Waals surface area contributed by atoms with Gasteiger partial charge in [0.2, 0.25) is 0 Å². The van der Waals surface area contributed by atoms with Gasteiger partial charge in [0.25, 0.3) is 0 Å². The van der Waals surface area contributed by atoms with Gasteiger partial charge in [-0.3, -0.25) is 4.21 Å². The smallest absolute Gasteiger partial charge is 0.0889 e. The van der Waals surface area contributed by atoms with Crippen molar-refractivity contribution in [3.63, 3.8) is 0 Å². The summed E-state index contributed by atoms with van der Waals surface area (Å²) in [6.45, 7) is 1.60. The molecule has 14 heavy (non-hydrogen) atoms. The highest BCUT2D eigenvalue weighted by molar-refractivity contribution is 7.85. The van der Waals surface area contributed by atoms with Crippen LogP contribution < -0.4 is 0 Å². The molecule has 0 aromatic heterocycles. The van der Waals surface area contributed by atoms with E-state index in [1.54, 1.807) is 12.1 Å². The molecule has 3 nitrogen and oxygen atoms in total. The quantitative estimate of drug-likeness (QED) is 0.765. The summed E-state index contributed by atoms with van der Waals surface area (Å²) in [7, 11) is -1.23. The minimum atomic E-state index is -1.23. The minimum absolute atomic E-state index is 0.0829. The van der Waals surface area contributed by atoms with Gasteiger partial charge in [0.1, 0.15) is 0 Å². The Balaban J connectivity index is 2.65. The summed E-state index contributed by atoms with van der Waals surface area (Å²) in [5.74, 6) is 0.0829. The van der Waals surface area contributed by atoms with Crippen LogP contribution >= 0.6 is 0 Å². The molecule has 0 aliphatic carbocycles. The van der Waals surface area contributed by atoms with Crippen molar-refractivity contribution in [1.29, 1.82) is 0 Å². The number of benzene rings is 1. The van der Waals surface area contributed by atoms with Crippen molar-refractivity contribution in [2.24, 2.45) is 0 Å². The first kappa shape index (κ1) is 11.4. The van der Waals surface area contributed by atoms with E-state index < -0.39 is 16.9 Å². The first-order chi connectivity index (χ1) is 6.63. The van der Waals surface area contributed by atoms with E-state index in [-0.39, 0.29) is 12.4 Å². The summed E-state index contributed by atoms with van der Waals surface area (Å²) < 4.78 is 11.6. The summed E-state index contributed by atoms with van der Waals surface area (Å²) in [6.07, 6.45) is -0.905. The summed E-state index contributed by atoms with van der Waals surface area (Å²) in [5.41, 5.74) is 1.11. The molecular weight excluding hydrogens is 200 g/mol. The molecule has 2 N–H and O–H groups in total. The molecule has 0 saturated heterocycles. The normalized spacial score (nSPS) is 15.1. The zero-order valence-electron chi connectivity index (χ0n) is 8.01. The van der Waals surface area contributed by atoms with Gasteiger partial charge in [-0.25, -0.2) is 0 Å². The van der Waals surface area contributed by atoms with Crippen LogP contribution in [0.3, 0.4) is 0 Å². The molecule has 78 valence electrons. The zero-order chi connectivity index (χ0) is 10.6. The lowest BCUT2D eigenvalue weighted by Crippen LogP contribution is -2.20. The first-order valence-corrected chi connectivity index (χ1v) is 5.69. The van der Waals surface area contributed by atoms with E-state index in [1.807, 2.05) is 19.1 Å². The molecule has 0 aliphatic heterocycles. The fraction of sp³-hybridized carbons (Fsp3) is 0.400. The van der Waals surface area contributed by atoms with Crippen LogP contribution in [0.5, 0.6) is 0 Å². The Bertz CT molecular complexity index is 308. The summed E-state index contributed by atoms with van der Waals surface area (Å²) in [5, 5.41) is 17.7. The number of hydrogen-bond donors (Lipinski definition) is 2. The van der Waals surface area contributed by atoms with Crippen LogP contribution in [0.25, 0.3) is 0 Å². The average Bonchev–Trinajstić information content (AvgIpc) is 2.18. The minimum Gasteiger partial charge on any atom is -0.394 e. The van der Waals surface area contributed by atoms with Gasteiger partial charge in [-0.2, -0.15) is 0 Å². The molecule has 1 rings (SSSR count). The third-order valence-corrected chi connectivity index (χ3v) is 3.32. The van der Waals surface area contributed by atoms with Crippen molar-refractivity contribution >= 4 is 10.8 Å². The number of aryl methyl sites for hydroxylation is 1. The first-order valence-electron chi connectivity index (χ1n) is 4.37. The maximum Gasteiger partial charge on any atom is 0.0889 e. The van der Waals surface area contributed by atoms with Crippen LogP contribution in [-0.4, -0.2) is 32.9 Å². The highest BCUT2D eigenvalue weighted by Gasteiger charge is 2.09. The fourth-order valence-electron chi connectivity index (χ4n) is 1.01. The number of rotatable bonds is 4. The van der Waals surface area contributed by atoms with Gasteiger partial charge in [0.15, 0.2) is 0 Å². The lowest BCUT2D eigenvalue weighted by molar-refractivity contribution is 0.113. The Hall–Kier alpha value is -0.710. The van der Waals surface area contributed by atoms with Crippen LogP contribution in [0, 0.1) is 6.92 Å². The van der Waals surface area contributed by atoms with Gasteiger partial charge in [-0.15, -0.1) is 0 Å². The summed E-state index contributed by atoms with van der Waals surface area (Å²) in [6, 6.07) is 7.29. The second-order valence-electron chi connectivity index (χ2n) is 3.16. The molecule has 1 aromatic carbocycles. The molecule has 0 amide bonds. The standard InChI is InChI=1S/C10H14O3S/c1-8-2-4-10(5-3-8)14(13)7-9(12)6-11/h2-5,9,11-12H,6-7H2,1H3/t9-,14-/m1/s1. The summed E-state index contributed by atoms with van der Waals surface area (Å²) >= 11 is 0. The van der Waals surface area contributed by atoms with Crippen LogP contribution in [-0.2, 0) is 10.8 Å². The van der Waals surface area contributed by atoms with E-state index in [2.05, 4.69) is 0 Å². The molecule has 0 saturated carbocycles. The van der Waals surface area contributed by atoms with E-state index in [4.69, 9.17) is 10.2 Å². The van der Waals surface area contributed by atoms with Gasteiger partial charge < -0.3 is 10.2 Å². The van der Waals surface area contributed by atoms with Crippen LogP contribution in [0.2, 0.25) is 0 Å². The molecule has 2 atom stereocenters. The lowest BCUT2D eigenvalue weighted by Gasteiger charge is -2.06. The average molecular weight is 214 g/mol. The Kier molecular flexibility index (Phi) is 4.25. The SMILES string of the molecule is Cc1ccc([S@](=O)C[C@H](O)CO)cc1. The predicted molar refractivity (Wildman–Crippen MR) is 55.5 cm³/mol. The molecule has 0 bridgehead atoms. The molecule has 1 aromatic rings. The Morgan fingerprint density at radius 3 is 2.43 bits per heavy atom. The Labute approximate surface area is 85.9 Å². The molecular formula is C10H14O3S. The van der Waals surface area contributed by atoms with Crippen LogP contribution in [0.15, 0.2) is 29.2 Å². The van der Waals surface area contributed by atoms with Crippen molar-refractivity contribution in [2.45, 2.75) is 17.9 Å². The maximum atomic E-state index is 11.6. The number of aliphatic hydroxyl groups excluding tert-OH is 2. The monoisotopic (exact) mass is 214 g/mol. The molecule has 0 radical (unpaired) electrons. The number of aliphatic hydroxyl groups is 2. The topological polar surface area (TPSA) is 57.5 Å². The van der Waals surface area contributed by atoms with Crippen molar-refractivity contribution in [3.05, 3.63) is 29.8 Å². The van der Waals surface area contributed by atoms with E-state index in [0.29, 0.717) is 4.90 Å². The van der Waals surface area contributed by atoms with Gasteiger partial charge in [-0.1, -0.05) is 17.7 Å². The van der Waals surface area contributed by atoms with E-state index in [9.17, 15) is 4.21 Å². The molecule has 0 spiro atoms. The second-order valence-corrected chi connectivity index (χ2v) is 4.66. The van der Waals surface area contributed by atoms with Gasteiger partial charge in [0.05, 0.1) is 29.3 Å². The molecule has 0 aliphatic rings. The van der Waals surface area contributed by atoms with Crippen LogP contribution in [0.1, 0.15) is 5.56 Å². The van der Waals surface area contributed by atoms with E-state index in [0.717, 1.165) is 5.56 Å². The van der Waals surface area contributed by atoms with Crippen molar-refractivity contribution in [2.75, 3.05) is 12.4 Å². The van der Waals surface area contributed by atoms with Gasteiger partial charge in [-0.05, 0) is 19.1 Å². The largest absolute Gasteiger partial charge is 0.394 e. The molecule has 4 heteroatoms. The number of hydrogen-bond acceptors (Lipinski definition) is 3. The third-order valence-electron chi connectivity index (χ3n) is 1.84. The zero-order valence-corrected chi connectivity index (χ0v) is 8.83. The Morgan fingerprint density at radius 1 is 1.36 bits per heavy atom. The van der Waals surface area contributed by atoms with E-state index >= 15 is 0 Å². The van der Waals surface area contributed by atoms with Gasteiger partial charge >= 0.3 is 0 Å². The lowest BCUT2D eigenvalue weighted by atomic mass is 10.2. The highest BCUT2D eigenvalue weighted by Crippen LogP contribution is 2.09. The molecule has 0 unspecified atom stereocenters.